The highest BCUT2D eigenvalue weighted by Gasteiger charge is 2.30. The van der Waals surface area contributed by atoms with Crippen molar-refractivity contribution in [2.75, 3.05) is 0 Å². The predicted molar refractivity (Wildman–Crippen MR) is 54.7 cm³/mol. The van der Waals surface area contributed by atoms with Crippen molar-refractivity contribution in [3.05, 3.63) is 48.0 Å². The van der Waals surface area contributed by atoms with E-state index in [0.717, 1.165) is 24.1 Å². The number of hydrogen-bond donors (Lipinski definition) is 0. The van der Waals surface area contributed by atoms with E-state index in [0.29, 0.717) is 0 Å². The lowest BCUT2D eigenvalue weighted by atomic mass is 9.96. The highest BCUT2D eigenvalue weighted by Crippen LogP contribution is 2.30. The predicted octanol–water partition coefficient (Wildman–Crippen LogP) is 4.39. The molecule has 0 aliphatic heterocycles. The van der Waals surface area contributed by atoms with Crippen LogP contribution in [0, 0.1) is 0 Å². The number of halogens is 3. The van der Waals surface area contributed by atoms with Crippen molar-refractivity contribution in [2.24, 2.45) is 0 Å². The fourth-order valence-corrected chi connectivity index (χ4v) is 1.46. The van der Waals surface area contributed by atoms with Gasteiger partial charge in [0.1, 0.15) is 0 Å². The first-order valence-electron chi connectivity index (χ1n) is 4.78. The van der Waals surface area contributed by atoms with E-state index < -0.39 is 11.7 Å². The van der Waals surface area contributed by atoms with E-state index in [4.69, 9.17) is 0 Å². The summed E-state index contributed by atoms with van der Waals surface area (Å²) in [6.07, 6.45) is -1.66. The lowest BCUT2D eigenvalue weighted by molar-refractivity contribution is -0.137. The second-order valence-electron chi connectivity index (χ2n) is 3.37. The number of allylic oxidation sites excluding steroid dienone is 1. The third kappa shape index (κ3) is 2.85. The second kappa shape index (κ2) is 4.51. The number of rotatable bonds is 3. The summed E-state index contributed by atoms with van der Waals surface area (Å²) in [5.74, 6) is 0.132. The minimum absolute atomic E-state index is 0.132. The molecule has 0 N–H and O–H groups in total. The van der Waals surface area contributed by atoms with Gasteiger partial charge in [-0.3, -0.25) is 0 Å². The molecule has 0 aliphatic rings. The van der Waals surface area contributed by atoms with Gasteiger partial charge in [-0.2, -0.15) is 13.2 Å². The second-order valence-corrected chi connectivity index (χ2v) is 3.37. The van der Waals surface area contributed by atoms with Crippen molar-refractivity contribution < 1.29 is 13.2 Å². The van der Waals surface area contributed by atoms with Crippen molar-refractivity contribution in [2.45, 2.75) is 25.4 Å². The molecule has 0 saturated carbocycles. The summed E-state index contributed by atoms with van der Waals surface area (Å²) >= 11 is 0. The average Bonchev–Trinajstić information content (AvgIpc) is 2.19. The van der Waals surface area contributed by atoms with Gasteiger partial charge in [-0.1, -0.05) is 25.1 Å². The fourth-order valence-electron chi connectivity index (χ4n) is 1.46. The van der Waals surface area contributed by atoms with Crippen LogP contribution in [-0.2, 0) is 6.18 Å². The summed E-state index contributed by atoms with van der Waals surface area (Å²) in [5.41, 5.74) is 0.269. The lowest BCUT2D eigenvalue weighted by Crippen LogP contribution is -2.05. The third-order valence-electron chi connectivity index (χ3n) is 2.39. The standard InChI is InChI=1S/C12H13F3/c1-3-9(4-2)10-5-7-11(8-6-10)12(13,14)15/h3,5-9H,1,4H2,2H3/t9-/m0/s1. The molecule has 1 rings (SSSR count). The molecule has 1 aromatic rings. The summed E-state index contributed by atoms with van der Waals surface area (Å²) in [6, 6.07) is 5.25. The van der Waals surface area contributed by atoms with Crippen LogP contribution in [0.4, 0.5) is 13.2 Å². The zero-order valence-electron chi connectivity index (χ0n) is 8.51. The van der Waals surface area contributed by atoms with Crippen molar-refractivity contribution >= 4 is 0 Å². The van der Waals surface area contributed by atoms with Gasteiger partial charge in [0.15, 0.2) is 0 Å². The first-order chi connectivity index (χ1) is 6.99. The minimum atomic E-state index is -4.26. The first kappa shape index (κ1) is 11.8. The van der Waals surface area contributed by atoms with Gasteiger partial charge in [-0.25, -0.2) is 0 Å². The van der Waals surface area contributed by atoms with Gasteiger partial charge >= 0.3 is 6.18 Å². The Balaban J connectivity index is 2.94. The summed E-state index contributed by atoms with van der Waals surface area (Å²) in [4.78, 5) is 0. The van der Waals surface area contributed by atoms with Crippen LogP contribution >= 0.6 is 0 Å². The molecule has 0 bridgehead atoms. The zero-order chi connectivity index (χ0) is 11.5. The van der Waals surface area contributed by atoms with Crippen LogP contribution < -0.4 is 0 Å². The molecule has 0 amide bonds. The van der Waals surface area contributed by atoms with E-state index in [1.807, 2.05) is 6.92 Å². The Kier molecular flexibility index (Phi) is 3.56. The quantitative estimate of drug-likeness (QED) is 0.655. The molecule has 1 atom stereocenters. The van der Waals surface area contributed by atoms with Crippen LogP contribution in [0.3, 0.4) is 0 Å². The Hall–Kier alpha value is -1.25. The minimum Gasteiger partial charge on any atom is -0.166 e. The molecule has 1 aromatic carbocycles. The van der Waals surface area contributed by atoms with E-state index >= 15 is 0 Å². The smallest absolute Gasteiger partial charge is 0.166 e. The molecule has 0 aliphatic carbocycles. The summed E-state index contributed by atoms with van der Waals surface area (Å²) in [6.45, 7) is 5.63. The highest BCUT2D eigenvalue weighted by molar-refractivity contribution is 5.28. The van der Waals surface area contributed by atoms with Crippen LogP contribution in [0.15, 0.2) is 36.9 Å². The molecule has 15 heavy (non-hydrogen) atoms. The third-order valence-corrected chi connectivity index (χ3v) is 2.39. The summed E-state index contributed by atoms with van der Waals surface area (Å²) in [5, 5.41) is 0. The molecule has 0 aromatic heterocycles. The van der Waals surface area contributed by atoms with Gasteiger partial charge in [-0.15, -0.1) is 6.58 Å². The van der Waals surface area contributed by atoms with Crippen molar-refractivity contribution in [1.82, 2.24) is 0 Å². The van der Waals surface area contributed by atoms with E-state index in [2.05, 4.69) is 6.58 Å². The van der Waals surface area contributed by atoms with Crippen LogP contribution in [0.2, 0.25) is 0 Å². The fraction of sp³-hybridized carbons (Fsp3) is 0.333. The molecule has 0 fully saturated rings. The largest absolute Gasteiger partial charge is 0.416 e. The van der Waals surface area contributed by atoms with E-state index in [1.54, 1.807) is 6.08 Å². The van der Waals surface area contributed by atoms with Gasteiger partial charge in [0.2, 0.25) is 0 Å². The van der Waals surface area contributed by atoms with E-state index in [9.17, 15) is 13.2 Å². The Bertz CT molecular complexity index is 322. The molecule has 82 valence electrons. The van der Waals surface area contributed by atoms with Crippen LogP contribution in [-0.4, -0.2) is 0 Å². The van der Waals surface area contributed by atoms with E-state index in [-0.39, 0.29) is 5.92 Å². The first-order valence-corrected chi connectivity index (χ1v) is 4.78. The molecule has 0 spiro atoms. The van der Waals surface area contributed by atoms with Crippen molar-refractivity contribution in [1.29, 1.82) is 0 Å². The normalized spacial score (nSPS) is 13.6. The number of hydrogen-bond acceptors (Lipinski definition) is 0. The average molecular weight is 214 g/mol. The summed E-state index contributed by atoms with van der Waals surface area (Å²) < 4.78 is 36.8. The molecule has 0 nitrogen and oxygen atoms in total. The van der Waals surface area contributed by atoms with Gasteiger partial charge < -0.3 is 0 Å². The van der Waals surface area contributed by atoms with Gasteiger partial charge in [-0.05, 0) is 24.1 Å². The molecule has 3 heteroatoms. The topological polar surface area (TPSA) is 0 Å². The number of benzene rings is 1. The maximum atomic E-state index is 12.3. The van der Waals surface area contributed by atoms with Crippen LogP contribution in [0.1, 0.15) is 30.4 Å². The summed E-state index contributed by atoms with van der Waals surface area (Å²) in [7, 11) is 0. The maximum Gasteiger partial charge on any atom is 0.416 e. The van der Waals surface area contributed by atoms with E-state index in [1.165, 1.54) is 12.1 Å². The monoisotopic (exact) mass is 214 g/mol. The molecule has 0 unspecified atom stereocenters. The Morgan fingerprint density at radius 3 is 2.13 bits per heavy atom. The van der Waals surface area contributed by atoms with Crippen LogP contribution in [0.5, 0.6) is 0 Å². The van der Waals surface area contributed by atoms with Gasteiger partial charge in [0, 0.05) is 5.92 Å². The molecule has 0 radical (unpaired) electrons. The highest BCUT2D eigenvalue weighted by atomic mass is 19.4. The Morgan fingerprint density at radius 2 is 1.80 bits per heavy atom. The molecule has 0 heterocycles. The SMILES string of the molecule is C=C[C@@H](CC)c1ccc(C(F)(F)F)cc1. The Morgan fingerprint density at radius 1 is 1.27 bits per heavy atom. The van der Waals surface area contributed by atoms with Gasteiger partial charge in [0.25, 0.3) is 0 Å². The van der Waals surface area contributed by atoms with Crippen LogP contribution in [0.25, 0.3) is 0 Å². The molecular weight excluding hydrogens is 201 g/mol. The van der Waals surface area contributed by atoms with Crippen molar-refractivity contribution in [3.63, 3.8) is 0 Å². The maximum absolute atomic E-state index is 12.3. The zero-order valence-corrected chi connectivity index (χ0v) is 8.51. The molecule has 0 saturated heterocycles. The molecular formula is C12H13F3. The van der Waals surface area contributed by atoms with Gasteiger partial charge in [0.05, 0.1) is 5.56 Å². The Labute approximate surface area is 87.4 Å². The number of alkyl halides is 3. The van der Waals surface area contributed by atoms with Crippen molar-refractivity contribution in [3.8, 4) is 0 Å². The lowest BCUT2D eigenvalue weighted by Gasteiger charge is -2.12.